The molecule has 1 fully saturated rings. The van der Waals surface area contributed by atoms with E-state index < -0.39 is 0 Å². The summed E-state index contributed by atoms with van der Waals surface area (Å²) in [7, 11) is 3.22. The first kappa shape index (κ1) is 13.5. The van der Waals surface area contributed by atoms with E-state index in [0.29, 0.717) is 30.3 Å². The molecule has 5 heteroatoms. The van der Waals surface area contributed by atoms with Gasteiger partial charge in [-0.3, -0.25) is 5.41 Å². The molecule has 1 saturated carbocycles. The van der Waals surface area contributed by atoms with Crippen LogP contribution in [0.25, 0.3) is 0 Å². The average Bonchev–Trinajstić information content (AvgIpc) is 3.15. The summed E-state index contributed by atoms with van der Waals surface area (Å²) in [6.07, 6.45) is 2.73. The molecule has 0 bridgehead atoms. The normalized spacial score (nSPS) is 15.7. The van der Waals surface area contributed by atoms with E-state index >= 15 is 0 Å². The molecule has 0 saturated heterocycles. The lowest BCUT2D eigenvalue weighted by Crippen LogP contribution is -2.21. The zero-order chi connectivity index (χ0) is 13.9. The summed E-state index contributed by atoms with van der Waals surface area (Å²) in [4.78, 5) is 0. The standard InChI is InChI=1S/C14H20N2O3/c1-17-10-5-11(18-2)7-12(6-10)19-9-14(3-4-14)8-13(15)16/h5-7H,3-4,8-9H2,1-2H3,(H3,15,16). The highest BCUT2D eigenvalue weighted by atomic mass is 16.5. The highest BCUT2D eigenvalue weighted by Crippen LogP contribution is 2.49. The smallest absolute Gasteiger partial charge is 0.126 e. The first-order valence-corrected chi connectivity index (χ1v) is 6.26. The first-order chi connectivity index (χ1) is 9.07. The van der Waals surface area contributed by atoms with Crippen molar-refractivity contribution in [2.45, 2.75) is 19.3 Å². The zero-order valence-corrected chi connectivity index (χ0v) is 11.4. The van der Waals surface area contributed by atoms with Crippen LogP contribution in [0.2, 0.25) is 0 Å². The van der Waals surface area contributed by atoms with Gasteiger partial charge in [0.1, 0.15) is 17.2 Å². The Kier molecular flexibility index (Phi) is 3.83. The molecule has 104 valence electrons. The Morgan fingerprint density at radius 1 is 1.16 bits per heavy atom. The van der Waals surface area contributed by atoms with Gasteiger partial charge in [0.15, 0.2) is 0 Å². The van der Waals surface area contributed by atoms with E-state index in [4.69, 9.17) is 25.4 Å². The Morgan fingerprint density at radius 3 is 2.11 bits per heavy atom. The molecule has 1 aliphatic rings. The van der Waals surface area contributed by atoms with Crippen LogP contribution in [0.3, 0.4) is 0 Å². The van der Waals surface area contributed by atoms with Crippen molar-refractivity contribution in [2.24, 2.45) is 11.1 Å². The number of benzene rings is 1. The predicted octanol–water partition coefficient (Wildman–Crippen LogP) is 2.19. The number of nitrogens with two attached hydrogens (primary N) is 1. The van der Waals surface area contributed by atoms with Gasteiger partial charge in [-0.2, -0.15) is 0 Å². The molecule has 2 rings (SSSR count). The van der Waals surface area contributed by atoms with Crippen LogP contribution >= 0.6 is 0 Å². The summed E-state index contributed by atoms with van der Waals surface area (Å²) in [5.74, 6) is 2.34. The van der Waals surface area contributed by atoms with Gasteiger partial charge in [0.25, 0.3) is 0 Å². The third-order valence-electron chi connectivity index (χ3n) is 3.39. The van der Waals surface area contributed by atoms with E-state index in [1.54, 1.807) is 20.3 Å². The number of rotatable bonds is 7. The van der Waals surface area contributed by atoms with Gasteiger partial charge in [-0.15, -0.1) is 0 Å². The highest BCUT2D eigenvalue weighted by molar-refractivity contribution is 5.78. The van der Waals surface area contributed by atoms with Crippen LogP contribution in [-0.2, 0) is 0 Å². The number of hydrogen-bond donors (Lipinski definition) is 2. The van der Waals surface area contributed by atoms with Crippen molar-refractivity contribution >= 4 is 5.84 Å². The van der Waals surface area contributed by atoms with Gasteiger partial charge in [-0.25, -0.2) is 0 Å². The topological polar surface area (TPSA) is 77.6 Å². The Labute approximate surface area is 113 Å². The van der Waals surface area contributed by atoms with E-state index in [9.17, 15) is 0 Å². The van der Waals surface area contributed by atoms with Crippen molar-refractivity contribution < 1.29 is 14.2 Å². The second-order valence-electron chi connectivity index (χ2n) is 5.04. The molecule has 0 amide bonds. The molecule has 0 aliphatic heterocycles. The van der Waals surface area contributed by atoms with Gasteiger partial charge < -0.3 is 19.9 Å². The van der Waals surface area contributed by atoms with Crippen molar-refractivity contribution in [3.05, 3.63) is 18.2 Å². The van der Waals surface area contributed by atoms with Crippen molar-refractivity contribution in [1.82, 2.24) is 0 Å². The number of methoxy groups -OCH3 is 2. The van der Waals surface area contributed by atoms with Gasteiger partial charge >= 0.3 is 0 Å². The van der Waals surface area contributed by atoms with Crippen LogP contribution in [-0.4, -0.2) is 26.7 Å². The predicted molar refractivity (Wildman–Crippen MR) is 73.2 cm³/mol. The molecule has 1 aromatic rings. The largest absolute Gasteiger partial charge is 0.496 e. The molecule has 1 aromatic carbocycles. The van der Waals surface area contributed by atoms with E-state index in [1.165, 1.54) is 0 Å². The Bertz CT molecular complexity index is 448. The molecule has 5 nitrogen and oxygen atoms in total. The summed E-state index contributed by atoms with van der Waals surface area (Å²) in [6.45, 7) is 0.572. The second-order valence-corrected chi connectivity index (χ2v) is 5.04. The van der Waals surface area contributed by atoms with Crippen molar-refractivity contribution in [2.75, 3.05) is 20.8 Å². The van der Waals surface area contributed by atoms with Crippen molar-refractivity contribution in [3.8, 4) is 17.2 Å². The Morgan fingerprint density at radius 2 is 1.68 bits per heavy atom. The molecule has 0 unspecified atom stereocenters. The lowest BCUT2D eigenvalue weighted by molar-refractivity contribution is 0.236. The molecule has 0 spiro atoms. The zero-order valence-electron chi connectivity index (χ0n) is 11.4. The SMILES string of the molecule is COc1cc(OC)cc(OCC2(CC(=N)N)CC2)c1. The third kappa shape index (κ3) is 3.53. The summed E-state index contributed by atoms with van der Waals surface area (Å²) in [6, 6.07) is 5.45. The van der Waals surface area contributed by atoms with E-state index in [1.807, 2.05) is 12.1 Å². The quantitative estimate of drug-likeness (QED) is 0.584. The molecule has 0 aromatic heterocycles. The fourth-order valence-electron chi connectivity index (χ4n) is 2.05. The average molecular weight is 264 g/mol. The lowest BCUT2D eigenvalue weighted by atomic mass is 10.0. The van der Waals surface area contributed by atoms with Crippen LogP contribution in [0, 0.1) is 10.8 Å². The molecular formula is C14H20N2O3. The van der Waals surface area contributed by atoms with Gasteiger partial charge in [-0.05, 0) is 12.8 Å². The minimum absolute atomic E-state index is 0.0577. The monoisotopic (exact) mass is 264 g/mol. The molecule has 0 atom stereocenters. The lowest BCUT2D eigenvalue weighted by Gasteiger charge is -2.16. The Hall–Kier alpha value is -1.91. The minimum atomic E-state index is 0.0577. The summed E-state index contributed by atoms with van der Waals surface area (Å²) >= 11 is 0. The third-order valence-corrected chi connectivity index (χ3v) is 3.39. The Balaban J connectivity index is 2.01. The molecule has 1 aliphatic carbocycles. The second kappa shape index (κ2) is 5.38. The van der Waals surface area contributed by atoms with Crippen LogP contribution in [0.1, 0.15) is 19.3 Å². The van der Waals surface area contributed by atoms with E-state index in [0.717, 1.165) is 12.8 Å². The number of amidine groups is 1. The number of nitrogens with one attached hydrogen (secondary N) is 1. The van der Waals surface area contributed by atoms with Crippen LogP contribution in [0.5, 0.6) is 17.2 Å². The molecule has 0 radical (unpaired) electrons. The summed E-state index contributed by atoms with van der Waals surface area (Å²) in [5.41, 5.74) is 5.52. The fourth-order valence-corrected chi connectivity index (χ4v) is 2.05. The van der Waals surface area contributed by atoms with Crippen LogP contribution < -0.4 is 19.9 Å². The molecular weight excluding hydrogens is 244 g/mol. The maximum absolute atomic E-state index is 7.38. The van der Waals surface area contributed by atoms with Gasteiger partial charge in [-0.1, -0.05) is 0 Å². The minimum Gasteiger partial charge on any atom is -0.496 e. The number of ether oxygens (including phenoxy) is 3. The van der Waals surface area contributed by atoms with Crippen molar-refractivity contribution in [1.29, 1.82) is 5.41 Å². The summed E-state index contributed by atoms with van der Waals surface area (Å²) in [5, 5.41) is 7.38. The van der Waals surface area contributed by atoms with Gasteiger partial charge in [0.05, 0.1) is 26.7 Å². The van der Waals surface area contributed by atoms with Gasteiger partial charge in [0, 0.05) is 30.0 Å². The highest BCUT2D eigenvalue weighted by Gasteiger charge is 2.44. The molecule has 19 heavy (non-hydrogen) atoms. The van der Waals surface area contributed by atoms with Crippen LogP contribution in [0.4, 0.5) is 0 Å². The van der Waals surface area contributed by atoms with Crippen LogP contribution in [0.15, 0.2) is 18.2 Å². The maximum atomic E-state index is 7.38. The number of hydrogen-bond acceptors (Lipinski definition) is 4. The van der Waals surface area contributed by atoms with Crippen molar-refractivity contribution in [3.63, 3.8) is 0 Å². The van der Waals surface area contributed by atoms with Gasteiger partial charge in [0.2, 0.25) is 0 Å². The maximum Gasteiger partial charge on any atom is 0.126 e. The fraction of sp³-hybridized carbons (Fsp3) is 0.500. The van der Waals surface area contributed by atoms with E-state index in [-0.39, 0.29) is 11.3 Å². The molecule has 0 heterocycles. The van der Waals surface area contributed by atoms with E-state index in [2.05, 4.69) is 0 Å². The first-order valence-electron chi connectivity index (χ1n) is 6.26. The molecule has 3 N–H and O–H groups in total. The summed E-state index contributed by atoms with van der Waals surface area (Å²) < 4.78 is 16.2.